The molecule has 104 valence electrons. The summed E-state index contributed by atoms with van der Waals surface area (Å²) in [6.07, 6.45) is 0.382. The van der Waals surface area contributed by atoms with Gasteiger partial charge in [0.15, 0.2) is 5.78 Å². The molecule has 0 aliphatic carbocycles. The van der Waals surface area contributed by atoms with Crippen molar-refractivity contribution in [1.29, 1.82) is 0 Å². The Bertz CT molecular complexity index is 466. The van der Waals surface area contributed by atoms with Crippen molar-refractivity contribution in [2.75, 3.05) is 13.7 Å². The minimum absolute atomic E-state index is 0.0382. The summed E-state index contributed by atoms with van der Waals surface area (Å²) in [4.78, 5) is 23.1. The molecule has 0 unspecified atom stereocenters. The smallest absolute Gasteiger partial charge is 0.220 e. The average Bonchev–Trinajstić information content (AvgIpc) is 2.43. The van der Waals surface area contributed by atoms with Gasteiger partial charge < -0.3 is 10.1 Å². The van der Waals surface area contributed by atoms with Crippen molar-refractivity contribution >= 4 is 11.7 Å². The van der Waals surface area contributed by atoms with Gasteiger partial charge in [0.1, 0.15) is 5.75 Å². The zero-order valence-electron chi connectivity index (χ0n) is 11.9. The molecule has 0 saturated heterocycles. The van der Waals surface area contributed by atoms with Gasteiger partial charge >= 0.3 is 0 Å². The van der Waals surface area contributed by atoms with Crippen LogP contribution in [-0.4, -0.2) is 25.3 Å². The molecule has 0 aliphatic rings. The lowest BCUT2D eigenvalue weighted by Crippen LogP contribution is -2.28. The number of rotatable bonds is 6. The van der Waals surface area contributed by atoms with Crippen molar-refractivity contribution in [3.63, 3.8) is 0 Å². The molecule has 0 saturated carbocycles. The summed E-state index contributed by atoms with van der Waals surface area (Å²) >= 11 is 0. The number of carbonyl (C=O) groups is 2. The number of ketones is 1. The Morgan fingerprint density at radius 1 is 1.32 bits per heavy atom. The molecule has 0 fully saturated rings. The Hall–Kier alpha value is -1.84. The maximum Gasteiger partial charge on any atom is 0.220 e. The predicted octanol–water partition coefficient (Wildman–Crippen LogP) is 2.53. The second kappa shape index (κ2) is 6.92. The molecule has 1 aromatic rings. The van der Waals surface area contributed by atoms with E-state index in [1.807, 2.05) is 19.9 Å². The molecule has 0 bridgehead atoms. The van der Waals surface area contributed by atoms with Crippen LogP contribution in [0.2, 0.25) is 0 Å². The normalized spacial score (nSPS) is 10.4. The number of hydrogen-bond acceptors (Lipinski definition) is 3. The SMILES string of the molecule is CCC(=O)NCC(=O)c1ccc(OC)c(C(C)C)c1. The Kier molecular flexibility index (Phi) is 5.55. The fourth-order valence-corrected chi connectivity index (χ4v) is 1.76. The maximum atomic E-state index is 12.0. The van der Waals surface area contributed by atoms with E-state index >= 15 is 0 Å². The van der Waals surface area contributed by atoms with Crippen LogP contribution >= 0.6 is 0 Å². The quantitative estimate of drug-likeness (QED) is 0.802. The first-order chi connectivity index (χ1) is 8.99. The second-order valence-electron chi connectivity index (χ2n) is 4.66. The van der Waals surface area contributed by atoms with Crippen molar-refractivity contribution in [2.24, 2.45) is 0 Å². The third-order valence-corrected chi connectivity index (χ3v) is 2.94. The molecule has 1 rings (SSSR count). The van der Waals surface area contributed by atoms with E-state index in [9.17, 15) is 9.59 Å². The lowest BCUT2D eigenvalue weighted by atomic mass is 9.98. The van der Waals surface area contributed by atoms with Crippen LogP contribution in [0.4, 0.5) is 0 Å². The highest BCUT2D eigenvalue weighted by Gasteiger charge is 2.13. The van der Waals surface area contributed by atoms with E-state index in [0.717, 1.165) is 11.3 Å². The first-order valence-corrected chi connectivity index (χ1v) is 6.47. The van der Waals surface area contributed by atoms with Crippen LogP contribution in [0, 0.1) is 0 Å². The van der Waals surface area contributed by atoms with Gasteiger partial charge in [-0.2, -0.15) is 0 Å². The van der Waals surface area contributed by atoms with E-state index in [4.69, 9.17) is 4.74 Å². The Morgan fingerprint density at radius 2 is 2.00 bits per heavy atom. The molecule has 4 nitrogen and oxygen atoms in total. The molecule has 0 aliphatic heterocycles. The van der Waals surface area contributed by atoms with E-state index in [-0.39, 0.29) is 24.2 Å². The van der Waals surface area contributed by atoms with E-state index < -0.39 is 0 Å². The Labute approximate surface area is 114 Å². The summed E-state index contributed by atoms with van der Waals surface area (Å²) in [7, 11) is 1.62. The number of methoxy groups -OCH3 is 1. The predicted molar refractivity (Wildman–Crippen MR) is 74.7 cm³/mol. The molecule has 1 N–H and O–H groups in total. The molecule has 19 heavy (non-hydrogen) atoms. The molecule has 0 spiro atoms. The van der Waals surface area contributed by atoms with Crippen molar-refractivity contribution in [1.82, 2.24) is 5.32 Å². The molecule has 0 radical (unpaired) electrons. The van der Waals surface area contributed by atoms with Gasteiger partial charge in [-0.15, -0.1) is 0 Å². The highest BCUT2D eigenvalue weighted by molar-refractivity contribution is 5.99. The molecule has 0 atom stereocenters. The lowest BCUT2D eigenvalue weighted by Gasteiger charge is -2.13. The first-order valence-electron chi connectivity index (χ1n) is 6.47. The van der Waals surface area contributed by atoms with Crippen LogP contribution in [0.15, 0.2) is 18.2 Å². The maximum absolute atomic E-state index is 12.0. The molecule has 0 aromatic heterocycles. The molecule has 1 amide bonds. The van der Waals surface area contributed by atoms with Crippen LogP contribution in [0.25, 0.3) is 0 Å². The van der Waals surface area contributed by atoms with E-state index in [0.29, 0.717) is 12.0 Å². The zero-order valence-corrected chi connectivity index (χ0v) is 11.9. The number of ether oxygens (including phenoxy) is 1. The van der Waals surface area contributed by atoms with Crippen molar-refractivity contribution in [2.45, 2.75) is 33.1 Å². The van der Waals surface area contributed by atoms with Crippen molar-refractivity contribution < 1.29 is 14.3 Å². The van der Waals surface area contributed by atoms with Crippen LogP contribution in [0.5, 0.6) is 5.75 Å². The van der Waals surface area contributed by atoms with Crippen molar-refractivity contribution in [3.8, 4) is 5.75 Å². The van der Waals surface area contributed by atoms with Crippen LogP contribution in [-0.2, 0) is 4.79 Å². The minimum Gasteiger partial charge on any atom is -0.496 e. The molecule has 4 heteroatoms. The molecular weight excluding hydrogens is 242 g/mol. The number of hydrogen-bond donors (Lipinski definition) is 1. The highest BCUT2D eigenvalue weighted by atomic mass is 16.5. The van der Waals surface area contributed by atoms with Gasteiger partial charge in [0.25, 0.3) is 0 Å². The number of benzene rings is 1. The van der Waals surface area contributed by atoms with Crippen molar-refractivity contribution in [3.05, 3.63) is 29.3 Å². The standard InChI is InChI=1S/C15H21NO3/c1-5-15(18)16-9-13(17)11-6-7-14(19-4)12(8-11)10(2)3/h6-8,10H,5,9H2,1-4H3,(H,16,18). The fraction of sp³-hybridized carbons (Fsp3) is 0.467. The van der Waals surface area contributed by atoms with Crippen LogP contribution in [0.1, 0.15) is 49.0 Å². The van der Waals surface area contributed by atoms with Gasteiger partial charge in [-0.05, 0) is 29.7 Å². The van der Waals surface area contributed by atoms with E-state index in [1.54, 1.807) is 26.2 Å². The van der Waals surface area contributed by atoms with Crippen LogP contribution in [0.3, 0.4) is 0 Å². The summed E-state index contributed by atoms with van der Waals surface area (Å²) in [5.74, 6) is 0.842. The summed E-state index contributed by atoms with van der Waals surface area (Å²) in [6, 6.07) is 5.36. The summed E-state index contributed by atoms with van der Waals surface area (Å²) < 4.78 is 5.28. The van der Waals surface area contributed by atoms with Gasteiger partial charge in [0.2, 0.25) is 5.91 Å². The van der Waals surface area contributed by atoms with E-state index in [1.165, 1.54) is 0 Å². The van der Waals surface area contributed by atoms with Gasteiger partial charge in [-0.25, -0.2) is 0 Å². The largest absolute Gasteiger partial charge is 0.496 e. The number of Topliss-reactive ketones (excluding diaryl/α,β-unsaturated/α-hetero) is 1. The Balaban J connectivity index is 2.86. The first kappa shape index (κ1) is 15.2. The van der Waals surface area contributed by atoms with Gasteiger partial charge in [-0.1, -0.05) is 20.8 Å². The molecule has 1 aromatic carbocycles. The Morgan fingerprint density at radius 3 is 2.53 bits per heavy atom. The minimum atomic E-state index is -0.119. The average molecular weight is 263 g/mol. The number of nitrogens with one attached hydrogen (secondary N) is 1. The van der Waals surface area contributed by atoms with Crippen LogP contribution < -0.4 is 10.1 Å². The third kappa shape index (κ3) is 4.09. The fourth-order valence-electron chi connectivity index (χ4n) is 1.76. The molecular formula is C15H21NO3. The third-order valence-electron chi connectivity index (χ3n) is 2.94. The number of amides is 1. The monoisotopic (exact) mass is 263 g/mol. The van der Waals surface area contributed by atoms with Gasteiger partial charge in [0.05, 0.1) is 13.7 Å². The summed E-state index contributed by atoms with van der Waals surface area (Å²) in [6.45, 7) is 5.89. The molecule has 0 heterocycles. The summed E-state index contributed by atoms with van der Waals surface area (Å²) in [5, 5.41) is 2.59. The highest BCUT2D eigenvalue weighted by Crippen LogP contribution is 2.27. The topological polar surface area (TPSA) is 55.4 Å². The zero-order chi connectivity index (χ0) is 14.4. The second-order valence-corrected chi connectivity index (χ2v) is 4.66. The lowest BCUT2D eigenvalue weighted by molar-refractivity contribution is -0.120. The van der Waals surface area contributed by atoms with Gasteiger partial charge in [-0.3, -0.25) is 9.59 Å². The number of carbonyl (C=O) groups excluding carboxylic acids is 2. The van der Waals surface area contributed by atoms with Gasteiger partial charge in [0, 0.05) is 12.0 Å². The van der Waals surface area contributed by atoms with E-state index in [2.05, 4.69) is 5.32 Å². The summed E-state index contributed by atoms with van der Waals surface area (Å²) in [5.41, 5.74) is 1.59.